The van der Waals surface area contributed by atoms with Gasteiger partial charge in [0.1, 0.15) is 0 Å². The highest BCUT2D eigenvalue weighted by molar-refractivity contribution is 5.89. The van der Waals surface area contributed by atoms with Gasteiger partial charge in [-0.05, 0) is 11.6 Å². The van der Waals surface area contributed by atoms with Crippen molar-refractivity contribution in [2.45, 2.75) is 0 Å². The van der Waals surface area contributed by atoms with Crippen LogP contribution in [-0.4, -0.2) is 23.4 Å². The van der Waals surface area contributed by atoms with Crippen molar-refractivity contribution < 1.29 is 19.2 Å². The highest BCUT2D eigenvalue weighted by Crippen LogP contribution is 2.14. The third-order valence-corrected chi connectivity index (χ3v) is 1.85. The summed E-state index contributed by atoms with van der Waals surface area (Å²) in [6, 6.07) is 5.72. The summed E-state index contributed by atoms with van der Waals surface area (Å²) in [5, 5.41) is 10.5. The molecule has 1 amide bonds. The number of rotatable bonds is 5. The summed E-state index contributed by atoms with van der Waals surface area (Å²) in [6.45, 7) is -0.502. The van der Waals surface area contributed by atoms with Gasteiger partial charge in [-0.25, -0.2) is 4.79 Å². The minimum atomic E-state index is -0.757. The lowest BCUT2D eigenvalue weighted by Crippen LogP contribution is -2.19. The average molecular weight is 250 g/mol. The Morgan fingerprint density at radius 1 is 1.44 bits per heavy atom. The monoisotopic (exact) mass is 250 g/mol. The number of benzene rings is 1. The molecule has 94 valence electrons. The molecule has 0 bridgehead atoms. The van der Waals surface area contributed by atoms with E-state index in [1.807, 2.05) is 0 Å². The first kappa shape index (κ1) is 13.4. The maximum Gasteiger partial charge on any atom is 0.331 e. The number of ether oxygens (including phenoxy) is 1. The minimum absolute atomic E-state index is 0.0809. The fraction of sp³-hybridized carbons (Fsp3) is 0.0909. The van der Waals surface area contributed by atoms with Gasteiger partial charge in [-0.3, -0.25) is 14.9 Å². The Labute approximate surface area is 102 Å². The Hall–Kier alpha value is -2.70. The van der Waals surface area contributed by atoms with Crippen LogP contribution in [0.1, 0.15) is 5.56 Å². The Kier molecular flexibility index (Phi) is 4.56. The average Bonchev–Trinajstić information content (AvgIpc) is 2.34. The van der Waals surface area contributed by atoms with Gasteiger partial charge >= 0.3 is 5.97 Å². The number of esters is 1. The number of carbonyl (C=O) groups is 2. The molecule has 0 saturated heterocycles. The van der Waals surface area contributed by atoms with Gasteiger partial charge in [-0.2, -0.15) is 0 Å². The number of nitrogens with zero attached hydrogens (tertiary/aromatic N) is 1. The fourth-order valence-corrected chi connectivity index (χ4v) is 1.10. The van der Waals surface area contributed by atoms with Crippen LogP contribution in [0.15, 0.2) is 30.3 Å². The molecule has 1 rings (SSSR count). The summed E-state index contributed by atoms with van der Waals surface area (Å²) in [5.74, 6) is -1.51. The first-order valence-corrected chi connectivity index (χ1v) is 4.86. The zero-order chi connectivity index (χ0) is 13.5. The van der Waals surface area contributed by atoms with Crippen LogP contribution in [0.3, 0.4) is 0 Å². The van der Waals surface area contributed by atoms with E-state index < -0.39 is 23.4 Å². The molecule has 0 aliphatic carbocycles. The Morgan fingerprint density at radius 3 is 2.78 bits per heavy atom. The zero-order valence-electron chi connectivity index (χ0n) is 9.24. The van der Waals surface area contributed by atoms with Gasteiger partial charge in [0.15, 0.2) is 6.61 Å². The summed E-state index contributed by atoms with van der Waals surface area (Å²) >= 11 is 0. The van der Waals surface area contributed by atoms with Crippen molar-refractivity contribution in [2.24, 2.45) is 5.73 Å². The molecule has 0 radical (unpaired) electrons. The lowest BCUT2D eigenvalue weighted by molar-refractivity contribution is -0.384. The minimum Gasteiger partial charge on any atom is -0.452 e. The molecular weight excluding hydrogens is 240 g/mol. The third kappa shape index (κ3) is 4.44. The van der Waals surface area contributed by atoms with Crippen LogP contribution in [0, 0.1) is 10.1 Å². The van der Waals surface area contributed by atoms with Crippen molar-refractivity contribution in [2.75, 3.05) is 6.61 Å². The number of nitro benzene ring substituents is 1. The standard InChI is InChI=1S/C11H10N2O5/c12-10(14)7-18-11(15)5-4-8-2-1-3-9(6-8)13(16)17/h1-6H,7H2,(H2,12,14)/b5-4+. The van der Waals surface area contributed by atoms with Crippen LogP contribution in [0.2, 0.25) is 0 Å². The normalized spacial score (nSPS) is 10.2. The summed E-state index contributed by atoms with van der Waals surface area (Å²) < 4.78 is 4.47. The Balaban J connectivity index is 2.66. The maximum atomic E-state index is 11.1. The lowest BCUT2D eigenvalue weighted by Gasteiger charge is -1.97. The van der Waals surface area contributed by atoms with Crippen LogP contribution in [-0.2, 0) is 14.3 Å². The molecule has 7 nitrogen and oxygen atoms in total. The van der Waals surface area contributed by atoms with Crippen LogP contribution >= 0.6 is 0 Å². The smallest absolute Gasteiger partial charge is 0.331 e. The molecule has 0 aliphatic heterocycles. The van der Waals surface area contributed by atoms with Crippen molar-refractivity contribution in [1.82, 2.24) is 0 Å². The first-order chi connectivity index (χ1) is 8.49. The highest BCUT2D eigenvalue weighted by atomic mass is 16.6. The van der Waals surface area contributed by atoms with E-state index in [1.165, 1.54) is 24.3 Å². The largest absolute Gasteiger partial charge is 0.452 e. The van der Waals surface area contributed by atoms with Crippen LogP contribution in [0.4, 0.5) is 5.69 Å². The lowest BCUT2D eigenvalue weighted by atomic mass is 10.2. The third-order valence-electron chi connectivity index (χ3n) is 1.85. The first-order valence-electron chi connectivity index (χ1n) is 4.86. The molecule has 0 spiro atoms. The summed E-state index contributed by atoms with van der Waals surface area (Å²) in [5.41, 5.74) is 5.18. The van der Waals surface area contributed by atoms with Crippen LogP contribution in [0.25, 0.3) is 6.08 Å². The van der Waals surface area contributed by atoms with Gasteiger partial charge < -0.3 is 10.5 Å². The zero-order valence-corrected chi connectivity index (χ0v) is 9.24. The molecule has 0 unspecified atom stereocenters. The molecule has 7 heteroatoms. The molecule has 2 N–H and O–H groups in total. The summed E-state index contributed by atoms with van der Waals surface area (Å²) in [7, 11) is 0. The van der Waals surface area contributed by atoms with E-state index in [-0.39, 0.29) is 5.69 Å². The second kappa shape index (κ2) is 6.14. The quantitative estimate of drug-likeness (QED) is 0.356. The van der Waals surface area contributed by atoms with Gasteiger partial charge in [0.05, 0.1) is 4.92 Å². The van der Waals surface area contributed by atoms with Crippen molar-refractivity contribution in [3.8, 4) is 0 Å². The predicted molar refractivity (Wildman–Crippen MR) is 62.3 cm³/mol. The van der Waals surface area contributed by atoms with E-state index in [0.717, 1.165) is 6.08 Å². The van der Waals surface area contributed by atoms with Crippen molar-refractivity contribution in [3.63, 3.8) is 0 Å². The Bertz CT molecular complexity index is 510. The number of primary amides is 1. The molecule has 0 heterocycles. The topological polar surface area (TPSA) is 113 Å². The number of hydrogen-bond donors (Lipinski definition) is 1. The fourth-order valence-electron chi connectivity index (χ4n) is 1.10. The molecule has 0 fully saturated rings. The molecule has 1 aromatic carbocycles. The van der Waals surface area contributed by atoms with E-state index in [1.54, 1.807) is 6.07 Å². The molecule has 18 heavy (non-hydrogen) atoms. The number of nitro groups is 1. The molecule has 0 atom stereocenters. The SMILES string of the molecule is NC(=O)COC(=O)/C=C/c1cccc([N+](=O)[O-])c1. The van der Waals surface area contributed by atoms with E-state index in [0.29, 0.717) is 5.56 Å². The van der Waals surface area contributed by atoms with Gasteiger partial charge in [0.25, 0.3) is 11.6 Å². The number of amides is 1. The summed E-state index contributed by atoms with van der Waals surface area (Å²) in [6.07, 6.45) is 2.40. The molecule has 0 saturated carbocycles. The second-order valence-electron chi connectivity index (χ2n) is 3.26. The number of hydrogen-bond acceptors (Lipinski definition) is 5. The van der Waals surface area contributed by atoms with E-state index in [9.17, 15) is 19.7 Å². The van der Waals surface area contributed by atoms with Gasteiger partial charge in [0, 0.05) is 18.2 Å². The summed E-state index contributed by atoms with van der Waals surface area (Å²) in [4.78, 5) is 31.4. The van der Waals surface area contributed by atoms with E-state index in [2.05, 4.69) is 4.74 Å². The molecule has 0 aromatic heterocycles. The van der Waals surface area contributed by atoms with Gasteiger partial charge in [-0.15, -0.1) is 0 Å². The van der Waals surface area contributed by atoms with Crippen molar-refractivity contribution in [3.05, 3.63) is 46.0 Å². The predicted octanol–water partition coefficient (Wildman–Crippen LogP) is 0.636. The number of nitrogens with two attached hydrogens (primary N) is 1. The molecular formula is C11H10N2O5. The number of carbonyl (C=O) groups excluding carboxylic acids is 2. The van der Waals surface area contributed by atoms with E-state index in [4.69, 9.17) is 5.73 Å². The van der Waals surface area contributed by atoms with E-state index >= 15 is 0 Å². The van der Waals surface area contributed by atoms with Gasteiger partial charge in [-0.1, -0.05) is 12.1 Å². The van der Waals surface area contributed by atoms with Crippen LogP contribution < -0.4 is 5.73 Å². The molecule has 0 aliphatic rings. The van der Waals surface area contributed by atoms with Crippen molar-refractivity contribution in [1.29, 1.82) is 0 Å². The van der Waals surface area contributed by atoms with Crippen molar-refractivity contribution >= 4 is 23.6 Å². The van der Waals surface area contributed by atoms with Crippen LogP contribution in [0.5, 0.6) is 0 Å². The number of non-ortho nitro benzene ring substituents is 1. The Morgan fingerprint density at radius 2 is 2.17 bits per heavy atom. The second-order valence-corrected chi connectivity index (χ2v) is 3.26. The molecule has 1 aromatic rings. The maximum absolute atomic E-state index is 11.1. The van der Waals surface area contributed by atoms with Gasteiger partial charge in [0.2, 0.25) is 0 Å². The highest BCUT2D eigenvalue weighted by Gasteiger charge is 2.04.